The predicted molar refractivity (Wildman–Crippen MR) is 84.0 cm³/mol. The molecule has 0 aromatic carbocycles. The fraction of sp³-hybridized carbons (Fsp3) is 0.600. The van der Waals surface area contributed by atoms with Gasteiger partial charge in [0.1, 0.15) is 5.82 Å². The third-order valence-corrected chi connectivity index (χ3v) is 4.16. The smallest absolute Gasteiger partial charge is 0.254 e. The predicted octanol–water partition coefficient (Wildman–Crippen LogP) is 1.23. The van der Waals surface area contributed by atoms with E-state index in [4.69, 9.17) is 5.84 Å². The van der Waals surface area contributed by atoms with Gasteiger partial charge in [0.25, 0.3) is 5.91 Å². The van der Waals surface area contributed by atoms with Crippen molar-refractivity contribution in [3.63, 3.8) is 0 Å². The zero-order valence-electron chi connectivity index (χ0n) is 13.1. The second-order valence-electron chi connectivity index (χ2n) is 5.61. The van der Waals surface area contributed by atoms with Crippen molar-refractivity contribution in [2.24, 2.45) is 5.84 Å². The minimum absolute atomic E-state index is 0.0563. The van der Waals surface area contributed by atoms with Gasteiger partial charge < -0.3 is 10.3 Å². The van der Waals surface area contributed by atoms with Crippen molar-refractivity contribution in [2.45, 2.75) is 33.2 Å². The van der Waals surface area contributed by atoms with E-state index >= 15 is 0 Å². The van der Waals surface area contributed by atoms with Crippen molar-refractivity contribution >= 4 is 11.7 Å². The standard InChI is InChI=1S/C15H25N5O/c1-4-12(3)19-5-7-20(8-6-19)15(21)13-9-11(2)17-14(10-13)18-16/h9-10,12H,4-8,16H2,1-3H3,(H,17,18). The van der Waals surface area contributed by atoms with Crippen molar-refractivity contribution in [3.8, 4) is 0 Å². The Balaban J connectivity index is 2.03. The topological polar surface area (TPSA) is 74.5 Å². The van der Waals surface area contributed by atoms with Gasteiger partial charge in [-0.3, -0.25) is 9.69 Å². The molecule has 1 amide bonds. The van der Waals surface area contributed by atoms with E-state index in [0.29, 0.717) is 17.4 Å². The summed E-state index contributed by atoms with van der Waals surface area (Å²) >= 11 is 0. The van der Waals surface area contributed by atoms with Crippen LogP contribution in [0, 0.1) is 6.92 Å². The van der Waals surface area contributed by atoms with Crippen LogP contribution < -0.4 is 11.3 Å². The fourth-order valence-corrected chi connectivity index (χ4v) is 2.67. The van der Waals surface area contributed by atoms with Gasteiger partial charge >= 0.3 is 0 Å². The third kappa shape index (κ3) is 3.71. The Labute approximate surface area is 126 Å². The molecule has 1 aliphatic heterocycles. The number of carbonyl (C=O) groups excluding carboxylic acids is 1. The first-order chi connectivity index (χ1) is 10.0. The van der Waals surface area contributed by atoms with E-state index in [1.807, 2.05) is 17.9 Å². The van der Waals surface area contributed by atoms with Gasteiger partial charge in [0, 0.05) is 43.5 Å². The summed E-state index contributed by atoms with van der Waals surface area (Å²) in [6.45, 7) is 9.72. The van der Waals surface area contributed by atoms with Crippen LogP contribution in [-0.4, -0.2) is 52.9 Å². The summed E-state index contributed by atoms with van der Waals surface area (Å²) in [6, 6.07) is 4.10. The van der Waals surface area contributed by atoms with Gasteiger partial charge in [0.15, 0.2) is 0 Å². The first-order valence-electron chi connectivity index (χ1n) is 7.53. The van der Waals surface area contributed by atoms with Crippen molar-refractivity contribution < 1.29 is 4.79 Å². The molecule has 6 nitrogen and oxygen atoms in total. The average Bonchev–Trinajstić information content (AvgIpc) is 2.52. The lowest BCUT2D eigenvalue weighted by Crippen LogP contribution is -2.51. The molecule has 116 valence electrons. The number of pyridine rings is 1. The molecule has 0 saturated carbocycles. The molecule has 1 aromatic rings. The molecular formula is C15H25N5O. The van der Waals surface area contributed by atoms with Gasteiger partial charge in [-0.1, -0.05) is 6.92 Å². The lowest BCUT2D eigenvalue weighted by molar-refractivity contribution is 0.0579. The number of nitrogens with two attached hydrogens (primary N) is 1. The molecule has 0 bridgehead atoms. The molecule has 21 heavy (non-hydrogen) atoms. The highest BCUT2D eigenvalue weighted by atomic mass is 16.2. The summed E-state index contributed by atoms with van der Waals surface area (Å²) in [7, 11) is 0. The van der Waals surface area contributed by atoms with E-state index in [2.05, 4.69) is 29.2 Å². The highest BCUT2D eigenvalue weighted by molar-refractivity contribution is 5.95. The number of carbonyl (C=O) groups is 1. The van der Waals surface area contributed by atoms with E-state index in [1.54, 1.807) is 6.07 Å². The normalized spacial score (nSPS) is 17.6. The Morgan fingerprint density at radius 1 is 1.38 bits per heavy atom. The fourth-order valence-electron chi connectivity index (χ4n) is 2.67. The molecular weight excluding hydrogens is 266 g/mol. The zero-order valence-corrected chi connectivity index (χ0v) is 13.1. The maximum atomic E-state index is 12.6. The van der Waals surface area contributed by atoms with Crippen LogP contribution in [-0.2, 0) is 0 Å². The Morgan fingerprint density at radius 3 is 2.62 bits per heavy atom. The second-order valence-corrected chi connectivity index (χ2v) is 5.61. The quantitative estimate of drug-likeness (QED) is 0.645. The number of hydrogen-bond acceptors (Lipinski definition) is 5. The third-order valence-electron chi connectivity index (χ3n) is 4.16. The number of aryl methyl sites for hydroxylation is 1. The second kappa shape index (κ2) is 6.87. The molecule has 2 rings (SSSR count). The molecule has 1 fully saturated rings. The van der Waals surface area contributed by atoms with Gasteiger partial charge in [0.05, 0.1) is 0 Å². The lowest BCUT2D eigenvalue weighted by Gasteiger charge is -2.37. The van der Waals surface area contributed by atoms with Crippen LogP contribution >= 0.6 is 0 Å². The summed E-state index contributed by atoms with van der Waals surface area (Å²) in [5.41, 5.74) is 3.94. The average molecular weight is 291 g/mol. The van der Waals surface area contributed by atoms with Gasteiger partial charge in [-0.05, 0) is 32.4 Å². The number of rotatable bonds is 4. The molecule has 1 aromatic heterocycles. The summed E-state index contributed by atoms with van der Waals surface area (Å²) in [5, 5.41) is 0. The molecule has 1 aliphatic rings. The van der Waals surface area contributed by atoms with Crippen molar-refractivity contribution in [3.05, 3.63) is 23.4 Å². The largest absolute Gasteiger partial charge is 0.336 e. The first-order valence-corrected chi connectivity index (χ1v) is 7.53. The van der Waals surface area contributed by atoms with Crippen LogP contribution in [0.25, 0.3) is 0 Å². The number of hydrazine groups is 1. The molecule has 0 aliphatic carbocycles. The van der Waals surface area contributed by atoms with Gasteiger partial charge in [-0.15, -0.1) is 0 Å². The number of aromatic nitrogens is 1. The highest BCUT2D eigenvalue weighted by Gasteiger charge is 2.24. The molecule has 1 unspecified atom stereocenters. The number of amides is 1. The van der Waals surface area contributed by atoms with Crippen LogP contribution in [0.1, 0.15) is 36.3 Å². The molecule has 6 heteroatoms. The van der Waals surface area contributed by atoms with E-state index in [-0.39, 0.29) is 5.91 Å². The number of hydrogen-bond donors (Lipinski definition) is 2. The van der Waals surface area contributed by atoms with Crippen molar-refractivity contribution in [1.29, 1.82) is 0 Å². The SMILES string of the molecule is CCC(C)N1CCN(C(=O)c2cc(C)nc(NN)c2)CC1. The maximum absolute atomic E-state index is 12.6. The van der Waals surface area contributed by atoms with Crippen molar-refractivity contribution in [2.75, 3.05) is 31.6 Å². The zero-order chi connectivity index (χ0) is 15.4. The van der Waals surface area contributed by atoms with E-state index in [9.17, 15) is 4.79 Å². The van der Waals surface area contributed by atoms with E-state index < -0.39 is 0 Å². The summed E-state index contributed by atoms with van der Waals surface area (Å²) in [4.78, 5) is 21.1. The van der Waals surface area contributed by atoms with Crippen LogP contribution in [0.4, 0.5) is 5.82 Å². The number of nitrogens with one attached hydrogen (secondary N) is 1. The first kappa shape index (κ1) is 15.7. The molecule has 0 radical (unpaired) electrons. The molecule has 1 atom stereocenters. The van der Waals surface area contributed by atoms with Crippen LogP contribution in [0.5, 0.6) is 0 Å². The molecule has 3 N–H and O–H groups in total. The van der Waals surface area contributed by atoms with Crippen molar-refractivity contribution in [1.82, 2.24) is 14.8 Å². The van der Waals surface area contributed by atoms with Crippen LogP contribution in [0.15, 0.2) is 12.1 Å². The number of piperazine rings is 1. The van der Waals surface area contributed by atoms with E-state index in [1.165, 1.54) is 0 Å². The molecule has 1 saturated heterocycles. The van der Waals surface area contributed by atoms with Crippen LogP contribution in [0.2, 0.25) is 0 Å². The minimum atomic E-state index is 0.0563. The number of nitrogens with zero attached hydrogens (tertiary/aromatic N) is 3. The molecule has 0 spiro atoms. The van der Waals surface area contributed by atoms with Gasteiger partial charge in [-0.25, -0.2) is 10.8 Å². The van der Waals surface area contributed by atoms with Gasteiger partial charge in [-0.2, -0.15) is 0 Å². The molecule has 2 heterocycles. The Kier molecular flexibility index (Phi) is 5.14. The minimum Gasteiger partial charge on any atom is -0.336 e. The Bertz CT molecular complexity index is 497. The number of nitrogen functional groups attached to an aromatic ring is 1. The summed E-state index contributed by atoms with van der Waals surface area (Å²) in [5.74, 6) is 5.97. The maximum Gasteiger partial charge on any atom is 0.254 e. The van der Waals surface area contributed by atoms with Crippen LogP contribution in [0.3, 0.4) is 0 Å². The summed E-state index contributed by atoms with van der Waals surface area (Å²) < 4.78 is 0. The Hall–Kier alpha value is -1.66. The van der Waals surface area contributed by atoms with E-state index in [0.717, 1.165) is 38.3 Å². The summed E-state index contributed by atoms with van der Waals surface area (Å²) in [6.07, 6.45) is 1.14. The monoisotopic (exact) mass is 291 g/mol. The Morgan fingerprint density at radius 2 is 2.05 bits per heavy atom. The number of anilines is 1. The lowest BCUT2D eigenvalue weighted by atomic mass is 10.1. The van der Waals surface area contributed by atoms with Gasteiger partial charge in [0.2, 0.25) is 0 Å². The highest BCUT2D eigenvalue weighted by Crippen LogP contribution is 2.15.